The van der Waals surface area contributed by atoms with Crippen molar-refractivity contribution < 1.29 is 19.3 Å². The van der Waals surface area contributed by atoms with E-state index in [1.807, 2.05) is 0 Å². The van der Waals surface area contributed by atoms with Gasteiger partial charge in [0.2, 0.25) is 11.8 Å². The van der Waals surface area contributed by atoms with Gasteiger partial charge < -0.3 is 5.32 Å². The maximum Gasteiger partial charge on any atom is 0.289 e. The molecule has 1 saturated heterocycles. The maximum absolute atomic E-state index is 12.1. The molecule has 1 aromatic rings. The van der Waals surface area contributed by atoms with E-state index >= 15 is 0 Å². The van der Waals surface area contributed by atoms with Gasteiger partial charge in [0.25, 0.3) is 10.9 Å². The first kappa shape index (κ1) is 17.7. The summed E-state index contributed by atoms with van der Waals surface area (Å²) in [6, 6.07) is 4.07. The summed E-state index contributed by atoms with van der Waals surface area (Å²) in [5, 5.41) is 12.1. The third kappa shape index (κ3) is 3.80. The van der Waals surface area contributed by atoms with E-state index in [1.54, 1.807) is 6.92 Å². The van der Waals surface area contributed by atoms with Gasteiger partial charge in [0.1, 0.15) is 5.25 Å². The van der Waals surface area contributed by atoms with Gasteiger partial charge in [-0.15, -0.1) is 6.58 Å². The summed E-state index contributed by atoms with van der Waals surface area (Å²) in [6.07, 6.45) is 1.29. The van der Waals surface area contributed by atoms with E-state index in [0.29, 0.717) is 11.3 Å². The topological polar surface area (TPSA) is 110 Å². The van der Waals surface area contributed by atoms with Crippen molar-refractivity contribution in [3.63, 3.8) is 0 Å². The number of carbonyl (C=O) groups is 3. The fraction of sp³-hybridized carbons (Fsp3) is 0.267. The number of nitrogens with zero attached hydrogens (tertiary/aromatic N) is 2. The van der Waals surface area contributed by atoms with Crippen molar-refractivity contribution in [2.75, 3.05) is 11.9 Å². The van der Waals surface area contributed by atoms with Gasteiger partial charge in [-0.2, -0.15) is 0 Å². The van der Waals surface area contributed by atoms with Crippen molar-refractivity contribution in [2.24, 2.45) is 0 Å². The molecule has 0 aromatic heterocycles. The van der Waals surface area contributed by atoms with Gasteiger partial charge in [0, 0.05) is 30.8 Å². The Kier molecular flexibility index (Phi) is 5.35. The molecular formula is C15H15N3O5S. The fourth-order valence-electron chi connectivity index (χ4n) is 2.19. The number of imide groups is 1. The molecule has 1 atom stereocenters. The van der Waals surface area contributed by atoms with Gasteiger partial charge >= 0.3 is 0 Å². The highest BCUT2D eigenvalue weighted by Gasteiger charge is 2.39. The number of benzene rings is 1. The second kappa shape index (κ2) is 7.26. The summed E-state index contributed by atoms with van der Waals surface area (Å²) in [7, 11) is 0. The molecule has 9 heteroatoms. The van der Waals surface area contributed by atoms with Crippen molar-refractivity contribution >= 4 is 40.2 Å². The Labute approximate surface area is 142 Å². The van der Waals surface area contributed by atoms with Crippen LogP contribution in [0.2, 0.25) is 0 Å². The molecule has 24 heavy (non-hydrogen) atoms. The summed E-state index contributed by atoms with van der Waals surface area (Å²) < 4.78 is 0. The Balaban J connectivity index is 2.01. The molecule has 1 aromatic carbocycles. The molecule has 126 valence electrons. The van der Waals surface area contributed by atoms with Crippen molar-refractivity contribution in [1.29, 1.82) is 0 Å². The van der Waals surface area contributed by atoms with Crippen molar-refractivity contribution in [1.82, 2.24) is 4.90 Å². The normalized spacial score (nSPS) is 17.0. The first-order valence-corrected chi connectivity index (χ1v) is 7.89. The van der Waals surface area contributed by atoms with Crippen LogP contribution in [-0.4, -0.2) is 38.7 Å². The van der Waals surface area contributed by atoms with Crippen molar-refractivity contribution in [3.05, 3.63) is 46.5 Å². The molecule has 2 rings (SSSR count). The average molecular weight is 349 g/mol. The van der Waals surface area contributed by atoms with Crippen LogP contribution in [-0.2, 0) is 9.59 Å². The molecule has 3 amide bonds. The van der Waals surface area contributed by atoms with E-state index in [9.17, 15) is 24.5 Å². The van der Waals surface area contributed by atoms with Gasteiger partial charge in [0.15, 0.2) is 0 Å². The SMILES string of the molecule is C=CCN1C(=O)S[C@H](CC(=O)Nc2ccc([N+](=O)[O-])cc2C)C1=O. The molecule has 0 unspecified atom stereocenters. The predicted molar refractivity (Wildman–Crippen MR) is 89.8 cm³/mol. The highest BCUT2D eigenvalue weighted by atomic mass is 32.2. The summed E-state index contributed by atoms with van der Waals surface area (Å²) in [6.45, 7) is 5.23. The van der Waals surface area contributed by atoms with E-state index in [1.165, 1.54) is 24.3 Å². The van der Waals surface area contributed by atoms with E-state index in [0.717, 1.165) is 16.7 Å². The van der Waals surface area contributed by atoms with Crippen LogP contribution in [0.5, 0.6) is 0 Å². The Bertz CT molecular complexity index is 734. The summed E-state index contributed by atoms with van der Waals surface area (Å²) in [4.78, 5) is 47.1. The molecule has 1 aliphatic rings. The lowest BCUT2D eigenvalue weighted by Crippen LogP contribution is -2.33. The Morgan fingerprint density at radius 3 is 2.79 bits per heavy atom. The highest BCUT2D eigenvalue weighted by Crippen LogP contribution is 2.29. The molecule has 8 nitrogen and oxygen atoms in total. The smallest absolute Gasteiger partial charge is 0.289 e. The van der Waals surface area contributed by atoms with Crippen LogP contribution in [0.25, 0.3) is 0 Å². The number of thioether (sulfide) groups is 1. The van der Waals surface area contributed by atoms with Gasteiger partial charge in [-0.3, -0.25) is 29.4 Å². The number of hydrogen-bond donors (Lipinski definition) is 1. The standard InChI is InChI=1S/C15H15N3O5S/c1-3-6-17-14(20)12(24-15(17)21)8-13(19)16-11-5-4-10(18(22)23)7-9(11)2/h3-5,7,12H,1,6,8H2,2H3,(H,16,19)/t12-/m1/s1. The Morgan fingerprint density at radius 2 is 2.21 bits per heavy atom. The third-order valence-electron chi connectivity index (χ3n) is 3.38. The molecule has 0 radical (unpaired) electrons. The number of non-ortho nitro benzene ring substituents is 1. The van der Waals surface area contributed by atoms with E-state index in [-0.39, 0.29) is 18.7 Å². The third-order valence-corrected chi connectivity index (χ3v) is 4.46. The van der Waals surface area contributed by atoms with E-state index < -0.39 is 27.2 Å². The summed E-state index contributed by atoms with van der Waals surface area (Å²) >= 11 is 0.811. The second-order valence-corrected chi connectivity index (χ2v) is 6.27. The van der Waals surface area contributed by atoms with Crippen LogP contribution < -0.4 is 5.32 Å². The van der Waals surface area contributed by atoms with Gasteiger partial charge in [-0.05, 0) is 18.6 Å². The molecule has 1 aliphatic heterocycles. The number of anilines is 1. The monoisotopic (exact) mass is 349 g/mol. The Hall–Kier alpha value is -2.68. The lowest BCUT2D eigenvalue weighted by atomic mass is 10.1. The number of rotatable bonds is 6. The van der Waals surface area contributed by atoms with Crippen molar-refractivity contribution in [3.8, 4) is 0 Å². The highest BCUT2D eigenvalue weighted by molar-refractivity contribution is 8.15. The van der Waals surface area contributed by atoms with E-state index in [4.69, 9.17) is 0 Å². The quantitative estimate of drug-likeness (QED) is 0.480. The minimum absolute atomic E-state index is 0.0716. The van der Waals surface area contributed by atoms with Crippen LogP contribution in [0.15, 0.2) is 30.9 Å². The maximum atomic E-state index is 12.1. The number of aryl methyl sites for hydroxylation is 1. The molecule has 1 fully saturated rings. The molecule has 0 aliphatic carbocycles. The number of hydrogen-bond acceptors (Lipinski definition) is 6. The minimum atomic E-state index is -0.768. The first-order valence-electron chi connectivity index (χ1n) is 7.01. The number of amides is 3. The molecule has 0 bridgehead atoms. The van der Waals surface area contributed by atoms with Gasteiger partial charge in [-0.25, -0.2) is 0 Å². The second-order valence-electron chi connectivity index (χ2n) is 5.12. The zero-order valence-corrected chi connectivity index (χ0v) is 13.7. The number of nitro groups is 1. The lowest BCUT2D eigenvalue weighted by molar-refractivity contribution is -0.384. The first-order chi connectivity index (χ1) is 11.3. The average Bonchev–Trinajstić information content (AvgIpc) is 2.77. The van der Waals surface area contributed by atoms with Gasteiger partial charge in [0.05, 0.1) is 4.92 Å². The molecule has 0 saturated carbocycles. The van der Waals surface area contributed by atoms with Crippen LogP contribution in [0, 0.1) is 17.0 Å². The molecular weight excluding hydrogens is 334 g/mol. The van der Waals surface area contributed by atoms with Crippen LogP contribution in [0.3, 0.4) is 0 Å². The fourth-order valence-corrected chi connectivity index (χ4v) is 3.19. The van der Waals surface area contributed by atoms with Gasteiger partial charge in [-0.1, -0.05) is 17.8 Å². The number of nitrogens with one attached hydrogen (secondary N) is 1. The predicted octanol–water partition coefficient (Wildman–Crippen LogP) is 2.48. The Morgan fingerprint density at radius 1 is 1.50 bits per heavy atom. The van der Waals surface area contributed by atoms with Crippen LogP contribution in [0.1, 0.15) is 12.0 Å². The van der Waals surface area contributed by atoms with E-state index in [2.05, 4.69) is 11.9 Å². The molecule has 0 spiro atoms. The van der Waals surface area contributed by atoms with Crippen LogP contribution in [0.4, 0.5) is 16.2 Å². The zero-order valence-electron chi connectivity index (χ0n) is 12.9. The zero-order chi connectivity index (χ0) is 17.9. The number of carbonyl (C=O) groups excluding carboxylic acids is 3. The number of nitro benzene ring substituents is 1. The lowest BCUT2D eigenvalue weighted by Gasteiger charge is -2.12. The largest absolute Gasteiger partial charge is 0.326 e. The minimum Gasteiger partial charge on any atom is -0.326 e. The van der Waals surface area contributed by atoms with Crippen LogP contribution >= 0.6 is 11.8 Å². The molecule has 1 N–H and O–H groups in total. The summed E-state index contributed by atoms with van der Waals surface area (Å²) in [5.74, 6) is -0.855. The van der Waals surface area contributed by atoms with Crippen molar-refractivity contribution in [2.45, 2.75) is 18.6 Å². The summed E-state index contributed by atoms with van der Waals surface area (Å²) in [5.41, 5.74) is 0.889. The molecule has 1 heterocycles.